The zero-order chi connectivity index (χ0) is 27.8. The number of anilines is 1. The van der Waals surface area contributed by atoms with Gasteiger partial charge in [0.05, 0.1) is 10.6 Å². The monoisotopic (exact) mass is 547 g/mol. The maximum absolute atomic E-state index is 14.0. The molecule has 206 valence electrons. The van der Waals surface area contributed by atoms with Crippen LogP contribution in [0.1, 0.15) is 50.2 Å². The summed E-state index contributed by atoms with van der Waals surface area (Å²) in [5.74, 6) is -0.676. The van der Waals surface area contributed by atoms with Gasteiger partial charge in [0.25, 0.3) is 10.0 Å². The first-order valence-corrected chi connectivity index (χ1v) is 15.0. The van der Waals surface area contributed by atoms with Gasteiger partial charge in [0.1, 0.15) is 12.6 Å². The highest BCUT2D eigenvalue weighted by Crippen LogP contribution is 2.25. The molecule has 1 N–H and O–H groups in total. The molecule has 7 nitrogen and oxygen atoms in total. The summed E-state index contributed by atoms with van der Waals surface area (Å²) in [4.78, 5) is 28.9. The van der Waals surface area contributed by atoms with Gasteiger partial charge in [-0.3, -0.25) is 13.9 Å². The van der Waals surface area contributed by atoms with Crippen molar-refractivity contribution in [3.8, 4) is 0 Å². The van der Waals surface area contributed by atoms with E-state index in [1.54, 1.807) is 43.3 Å². The molecule has 0 aliphatic heterocycles. The van der Waals surface area contributed by atoms with Crippen LogP contribution in [0.5, 0.6) is 0 Å². The number of sulfonamides is 1. The van der Waals surface area contributed by atoms with Gasteiger partial charge in [-0.2, -0.15) is 0 Å². The second-order valence-electron chi connectivity index (χ2n) is 10.2. The van der Waals surface area contributed by atoms with E-state index in [9.17, 15) is 18.0 Å². The number of nitrogens with one attached hydrogen (secondary N) is 1. The Morgan fingerprint density at radius 3 is 2.18 bits per heavy atom. The third-order valence-electron chi connectivity index (χ3n) is 7.21. The molecule has 8 heteroatoms. The summed E-state index contributed by atoms with van der Waals surface area (Å²) in [6.45, 7) is 3.33. The van der Waals surface area contributed by atoms with E-state index in [4.69, 9.17) is 0 Å². The van der Waals surface area contributed by atoms with E-state index in [2.05, 4.69) is 5.32 Å². The minimum absolute atomic E-state index is 0.0944. The highest BCUT2D eigenvalue weighted by atomic mass is 32.2. The average Bonchev–Trinajstić information content (AvgIpc) is 2.95. The van der Waals surface area contributed by atoms with Crippen LogP contribution in [0, 0.1) is 6.92 Å². The summed E-state index contributed by atoms with van der Waals surface area (Å²) in [7, 11) is -4.06. The number of carbonyl (C=O) groups excluding carboxylic acids is 2. The number of carbonyl (C=O) groups is 2. The zero-order valence-corrected chi connectivity index (χ0v) is 23.4. The predicted octanol–water partition coefficient (Wildman–Crippen LogP) is 5.06. The van der Waals surface area contributed by atoms with Gasteiger partial charge in [-0.25, -0.2) is 8.42 Å². The fourth-order valence-electron chi connectivity index (χ4n) is 4.96. The third-order valence-corrected chi connectivity index (χ3v) is 9.00. The Balaban J connectivity index is 1.65. The van der Waals surface area contributed by atoms with Gasteiger partial charge in [0, 0.05) is 12.6 Å². The fraction of sp³-hybridized carbons (Fsp3) is 0.355. The van der Waals surface area contributed by atoms with Crippen LogP contribution in [-0.2, 0) is 26.2 Å². The number of amides is 2. The lowest BCUT2D eigenvalue weighted by atomic mass is 9.95. The summed E-state index contributed by atoms with van der Waals surface area (Å²) in [5.41, 5.74) is 2.12. The molecule has 0 saturated heterocycles. The Hall–Kier alpha value is -3.65. The van der Waals surface area contributed by atoms with Crippen LogP contribution < -0.4 is 9.62 Å². The molecular formula is C31H37N3O4S. The molecule has 1 aliphatic rings. The highest BCUT2D eigenvalue weighted by Gasteiger charge is 2.33. The molecule has 39 heavy (non-hydrogen) atoms. The summed E-state index contributed by atoms with van der Waals surface area (Å²) in [6, 6.07) is 23.9. The normalized spacial score (nSPS) is 14.8. The van der Waals surface area contributed by atoms with Crippen molar-refractivity contribution in [2.45, 2.75) is 69.5 Å². The van der Waals surface area contributed by atoms with Gasteiger partial charge in [-0.05, 0) is 62.1 Å². The van der Waals surface area contributed by atoms with Crippen LogP contribution in [0.15, 0.2) is 89.8 Å². The maximum Gasteiger partial charge on any atom is 0.264 e. The van der Waals surface area contributed by atoms with Crippen molar-refractivity contribution >= 4 is 27.5 Å². The number of hydrogen-bond donors (Lipinski definition) is 1. The number of rotatable bonds is 10. The molecule has 1 aliphatic carbocycles. The lowest BCUT2D eigenvalue weighted by Gasteiger charge is -2.33. The quantitative estimate of drug-likeness (QED) is 0.385. The average molecular weight is 548 g/mol. The molecule has 0 unspecified atom stereocenters. The van der Waals surface area contributed by atoms with Crippen LogP contribution in [0.3, 0.4) is 0 Å². The lowest BCUT2D eigenvalue weighted by molar-refractivity contribution is -0.139. The Bertz CT molecular complexity index is 1360. The second-order valence-corrected chi connectivity index (χ2v) is 12.1. The molecule has 1 saturated carbocycles. The molecule has 2 amide bonds. The van der Waals surface area contributed by atoms with E-state index in [0.29, 0.717) is 5.69 Å². The molecule has 1 atom stereocenters. The van der Waals surface area contributed by atoms with Crippen LogP contribution in [-0.4, -0.2) is 43.8 Å². The number of aryl methyl sites for hydroxylation is 1. The predicted molar refractivity (Wildman–Crippen MR) is 154 cm³/mol. The molecule has 0 radical (unpaired) electrons. The summed E-state index contributed by atoms with van der Waals surface area (Å²) < 4.78 is 28.7. The third kappa shape index (κ3) is 7.26. The molecule has 3 aromatic rings. The van der Waals surface area contributed by atoms with Gasteiger partial charge in [-0.15, -0.1) is 0 Å². The Morgan fingerprint density at radius 2 is 1.54 bits per heavy atom. The zero-order valence-electron chi connectivity index (χ0n) is 22.6. The first-order chi connectivity index (χ1) is 18.8. The van der Waals surface area contributed by atoms with Crippen molar-refractivity contribution in [2.24, 2.45) is 0 Å². The number of nitrogens with zero attached hydrogens (tertiary/aromatic N) is 2. The van der Waals surface area contributed by atoms with E-state index >= 15 is 0 Å². The minimum Gasteiger partial charge on any atom is -0.352 e. The fourth-order valence-corrected chi connectivity index (χ4v) is 6.39. The van der Waals surface area contributed by atoms with Gasteiger partial charge in [0.15, 0.2) is 0 Å². The van der Waals surface area contributed by atoms with E-state index in [1.807, 2.05) is 43.3 Å². The van der Waals surface area contributed by atoms with Gasteiger partial charge < -0.3 is 10.2 Å². The van der Waals surface area contributed by atoms with Gasteiger partial charge in [0.2, 0.25) is 11.8 Å². The van der Waals surface area contributed by atoms with Gasteiger partial charge >= 0.3 is 0 Å². The van der Waals surface area contributed by atoms with Gasteiger partial charge in [-0.1, -0.05) is 79.9 Å². The number of hydrogen-bond acceptors (Lipinski definition) is 4. The molecule has 0 heterocycles. The van der Waals surface area contributed by atoms with Crippen molar-refractivity contribution in [1.29, 1.82) is 0 Å². The lowest BCUT2D eigenvalue weighted by Crippen LogP contribution is -2.53. The largest absolute Gasteiger partial charge is 0.352 e. The molecule has 4 rings (SSSR count). The van der Waals surface area contributed by atoms with Crippen molar-refractivity contribution in [3.05, 3.63) is 96.1 Å². The van der Waals surface area contributed by atoms with E-state index < -0.39 is 28.5 Å². The van der Waals surface area contributed by atoms with Crippen LogP contribution in [0.25, 0.3) is 0 Å². The Morgan fingerprint density at radius 1 is 0.897 bits per heavy atom. The smallest absolute Gasteiger partial charge is 0.264 e. The summed E-state index contributed by atoms with van der Waals surface area (Å²) in [5, 5.41) is 3.12. The molecule has 0 spiro atoms. The Kier molecular flexibility index (Phi) is 9.41. The van der Waals surface area contributed by atoms with Crippen molar-refractivity contribution in [2.75, 3.05) is 10.8 Å². The van der Waals surface area contributed by atoms with Crippen LogP contribution in [0.2, 0.25) is 0 Å². The Labute approximate surface area is 231 Å². The van der Waals surface area contributed by atoms with Crippen molar-refractivity contribution < 1.29 is 18.0 Å². The molecule has 0 bridgehead atoms. The molecule has 0 aromatic heterocycles. The minimum atomic E-state index is -4.06. The van der Waals surface area contributed by atoms with Crippen molar-refractivity contribution in [1.82, 2.24) is 10.2 Å². The van der Waals surface area contributed by atoms with E-state index in [0.717, 1.165) is 41.1 Å². The maximum atomic E-state index is 14.0. The van der Waals surface area contributed by atoms with Crippen LogP contribution in [0.4, 0.5) is 5.69 Å². The topological polar surface area (TPSA) is 86.8 Å². The van der Waals surface area contributed by atoms with Crippen LogP contribution >= 0.6 is 0 Å². The standard InChI is InChI=1S/C31H37N3O4S/c1-24-13-12-18-28(21-24)34(39(37,38)29-19-10-5-11-20-29)23-30(35)33(22-26-14-6-3-7-15-26)25(2)31(36)32-27-16-8-4-9-17-27/h3,5-7,10-15,18-21,25,27H,4,8-9,16-17,22-23H2,1-2H3,(H,32,36)/t25-/m0/s1. The molecule has 1 fully saturated rings. The molecular weight excluding hydrogens is 510 g/mol. The van der Waals surface area contributed by atoms with Crippen molar-refractivity contribution in [3.63, 3.8) is 0 Å². The first-order valence-electron chi connectivity index (χ1n) is 13.5. The first kappa shape index (κ1) is 28.4. The van der Waals surface area contributed by atoms with E-state index in [1.165, 1.54) is 23.5 Å². The molecule has 3 aromatic carbocycles. The second kappa shape index (κ2) is 12.9. The summed E-state index contributed by atoms with van der Waals surface area (Å²) >= 11 is 0. The SMILES string of the molecule is Cc1cccc(N(CC(=O)N(Cc2ccccc2)[C@@H](C)C(=O)NC2CCCCC2)S(=O)(=O)c2ccccc2)c1. The van der Waals surface area contributed by atoms with E-state index in [-0.39, 0.29) is 23.4 Å². The highest BCUT2D eigenvalue weighted by molar-refractivity contribution is 7.92. The summed E-state index contributed by atoms with van der Waals surface area (Å²) in [6.07, 6.45) is 5.19. The number of benzene rings is 3.